The molecule has 0 bridgehead atoms. The second-order valence-corrected chi connectivity index (χ2v) is 7.11. The normalized spacial score (nSPS) is 11.3. The summed E-state index contributed by atoms with van der Waals surface area (Å²) in [6, 6.07) is 14.5. The van der Waals surface area contributed by atoms with Crippen molar-refractivity contribution in [3.63, 3.8) is 0 Å². The van der Waals surface area contributed by atoms with Gasteiger partial charge in [0.25, 0.3) is 0 Å². The average molecular weight is 383 g/mol. The summed E-state index contributed by atoms with van der Waals surface area (Å²) in [7, 11) is 0. The van der Waals surface area contributed by atoms with Crippen LogP contribution in [-0.2, 0) is 12.8 Å². The Bertz CT molecular complexity index is 1280. The number of nitrogens with one attached hydrogen (secondary N) is 3. The SMILES string of the molecule is Nc1nc(NCCc2c[nH]c3ccccc23)ncc1Cc1ccc2[nH]ncc2c1. The first kappa shape index (κ1) is 17.2. The van der Waals surface area contributed by atoms with Crippen molar-refractivity contribution < 1.29 is 0 Å². The number of fused-ring (bicyclic) bond motifs is 2. The Morgan fingerprint density at radius 3 is 2.86 bits per heavy atom. The monoisotopic (exact) mass is 383 g/mol. The van der Waals surface area contributed by atoms with Crippen LogP contribution in [0.2, 0.25) is 0 Å². The molecule has 0 aliphatic carbocycles. The van der Waals surface area contributed by atoms with Gasteiger partial charge in [0.05, 0.1) is 11.7 Å². The van der Waals surface area contributed by atoms with E-state index in [0.29, 0.717) is 18.2 Å². The molecule has 5 aromatic rings. The van der Waals surface area contributed by atoms with Gasteiger partial charge in [-0.05, 0) is 35.7 Å². The first-order valence-electron chi connectivity index (χ1n) is 9.58. The molecule has 0 atom stereocenters. The molecule has 0 radical (unpaired) electrons. The molecule has 144 valence electrons. The number of H-pyrrole nitrogens is 2. The fourth-order valence-electron chi connectivity index (χ4n) is 3.61. The molecule has 29 heavy (non-hydrogen) atoms. The van der Waals surface area contributed by atoms with E-state index in [1.54, 1.807) is 6.20 Å². The number of hydrogen-bond donors (Lipinski definition) is 4. The van der Waals surface area contributed by atoms with Crippen LogP contribution in [0.5, 0.6) is 0 Å². The second-order valence-electron chi connectivity index (χ2n) is 7.11. The fourth-order valence-corrected chi connectivity index (χ4v) is 3.61. The third-order valence-electron chi connectivity index (χ3n) is 5.15. The third-order valence-corrected chi connectivity index (χ3v) is 5.15. The van der Waals surface area contributed by atoms with Gasteiger partial charge in [-0.3, -0.25) is 5.10 Å². The summed E-state index contributed by atoms with van der Waals surface area (Å²) in [5.74, 6) is 1.05. The minimum Gasteiger partial charge on any atom is -0.383 e. The number of nitrogens with two attached hydrogens (primary N) is 1. The fraction of sp³-hybridized carbons (Fsp3) is 0.136. The number of anilines is 2. The zero-order valence-electron chi connectivity index (χ0n) is 15.8. The topological polar surface area (TPSA) is 108 Å². The highest BCUT2D eigenvalue weighted by Crippen LogP contribution is 2.20. The van der Waals surface area contributed by atoms with Crippen LogP contribution >= 0.6 is 0 Å². The molecule has 2 aromatic carbocycles. The molecule has 7 nitrogen and oxygen atoms in total. The van der Waals surface area contributed by atoms with Crippen molar-refractivity contribution in [2.45, 2.75) is 12.8 Å². The summed E-state index contributed by atoms with van der Waals surface area (Å²) in [4.78, 5) is 12.2. The highest BCUT2D eigenvalue weighted by atomic mass is 15.1. The first-order valence-corrected chi connectivity index (χ1v) is 9.58. The van der Waals surface area contributed by atoms with E-state index in [4.69, 9.17) is 5.73 Å². The van der Waals surface area contributed by atoms with Gasteiger partial charge in [0.15, 0.2) is 0 Å². The molecule has 5 rings (SSSR count). The largest absolute Gasteiger partial charge is 0.383 e. The molecule has 0 aliphatic heterocycles. The lowest BCUT2D eigenvalue weighted by molar-refractivity contribution is 0.982. The Hall–Kier alpha value is -3.87. The average Bonchev–Trinajstić information content (AvgIpc) is 3.37. The zero-order valence-corrected chi connectivity index (χ0v) is 15.8. The molecule has 0 amide bonds. The Labute approximate surface area is 167 Å². The predicted molar refractivity (Wildman–Crippen MR) is 116 cm³/mol. The summed E-state index contributed by atoms with van der Waals surface area (Å²) in [5, 5.41) is 12.6. The lowest BCUT2D eigenvalue weighted by Gasteiger charge is -2.09. The molecule has 0 saturated carbocycles. The molecule has 3 aromatic heterocycles. The van der Waals surface area contributed by atoms with E-state index in [2.05, 4.69) is 67.0 Å². The third kappa shape index (κ3) is 3.50. The van der Waals surface area contributed by atoms with Crippen molar-refractivity contribution in [3.8, 4) is 0 Å². The van der Waals surface area contributed by atoms with Crippen molar-refractivity contribution in [2.24, 2.45) is 0 Å². The van der Waals surface area contributed by atoms with E-state index in [-0.39, 0.29) is 0 Å². The van der Waals surface area contributed by atoms with Gasteiger partial charge >= 0.3 is 0 Å². The van der Waals surface area contributed by atoms with Crippen LogP contribution in [0.15, 0.2) is 61.1 Å². The summed E-state index contributed by atoms with van der Waals surface area (Å²) >= 11 is 0. The lowest BCUT2D eigenvalue weighted by atomic mass is 10.1. The van der Waals surface area contributed by atoms with Gasteiger partial charge in [-0.1, -0.05) is 24.3 Å². The maximum atomic E-state index is 6.19. The van der Waals surface area contributed by atoms with Crippen molar-refractivity contribution in [3.05, 3.63) is 77.7 Å². The maximum Gasteiger partial charge on any atom is 0.224 e. The predicted octanol–water partition coefficient (Wildman–Crippen LogP) is 3.66. The Morgan fingerprint density at radius 1 is 1.00 bits per heavy atom. The summed E-state index contributed by atoms with van der Waals surface area (Å²) in [6.45, 7) is 0.734. The van der Waals surface area contributed by atoms with Crippen LogP contribution in [-0.4, -0.2) is 31.7 Å². The van der Waals surface area contributed by atoms with Crippen molar-refractivity contribution >= 4 is 33.6 Å². The highest BCUT2D eigenvalue weighted by Gasteiger charge is 2.08. The molecular weight excluding hydrogens is 362 g/mol. The highest BCUT2D eigenvalue weighted by molar-refractivity contribution is 5.83. The van der Waals surface area contributed by atoms with Crippen LogP contribution in [0.1, 0.15) is 16.7 Å². The second kappa shape index (κ2) is 7.27. The van der Waals surface area contributed by atoms with E-state index in [9.17, 15) is 0 Å². The molecule has 0 fully saturated rings. The Kier molecular flexibility index (Phi) is 4.32. The summed E-state index contributed by atoms with van der Waals surface area (Å²) in [5.41, 5.74) is 11.7. The molecule has 0 saturated heterocycles. The van der Waals surface area contributed by atoms with Gasteiger partial charge in [-0.15, -0.1) is 0 Å². The Morgan fingerprint density at radius 2 is 1.93 bits per heavy atom. The molecule has 0 unspecified atom stereocenters. The number of aromatic amines is 2. The van der Waals surface area contributed by atoms with Crippen LogP contribution in [0.4, 0.5) is 11.8 Å². The van der Waals surface area contributed by atoms with Gasteiger partial charge in [0, 0.05) is 47.2 Å². The minimum absolute atomic E-state index is 0.502. The van der Waals surface area contributed by atoms with Crippen LogP contribution in [0.3, 0.4) is 0 Å². The number of benzene rings is 2. The smallest absolute Gasteiger partial charge is 0.224 e. The molecule has 3 heterocycles. The van der Waals surface area contributed by atoms with E-state index in [1.165, 1.54) is 10.9 Å². The molecular formula is C22H21N7. The van der Waals surface area contributed by atoms with E-state index in [1.807, 2.05) is 18.3 Å². The van der Waals surface area contributed by atoms with Crippen LogP contribution < -0.4 is 11.1 Å². The van der Waals surface area contributed by atoms with E-state index >= 15 is 0 Å². The molecule has 5 N–H and O–H groups in total. The number of nitrogen functional groups attached to an aromatic ring is 1. The quantitative estimate of drug-likeness (QED) is 0.358. The number of aromatic nitrogens is 5. The van der Waals surface area contributed by atoms with Gasteiger partial charge in [0.1, 0.15) is 5.82 Å². The van der Waals surface area contributed by atoms with Crippen LogP contribution in [0.25, 0.3) is 21.8 Å². The van der Waals surface area contributed by atoms with Crippen molar-refractivity contribution in [1.82, 2.24) is 25.1 Å². The van der Waals surface area contributed by atoms with E-state index < -0.39 is 0 Å². The van der Waals surface area contributed by atoms with Gasteiger partial charge < -0.3 is 16.0 Å². The number of rotatable bonds is 6. The lowest BCUT2D eigenvalue weighted by Crippen LogP contribution is -2.10. The van der Waals surface area contributed by atoms with Crippen LogP contribution in [0, 0.1) is 0 Å². The van der Waals surface area contributed by atoms with Gasteiger partial charge in [-0.2, -0.15) is 10.1 Å². The maximum absolute atomic E-state index is 6.19. The zero-order chi connectivity index (χ0) is 19.6. The minimum atomic E-state index is 0.502. The summed E-state index contributed by atoms with van der Waals surface area (Å²) < 4.78 is 0. The Balaban J connectivity index is 1.24. The molecule has 0 spiro atoms. The van der Waals surface area contributed by atoms with Gasteiger partial charge in [-0.25, -0.2) is 4.98 Å². The van der Waals surface area contributed by atoms with Crippen molar-refractivity contribution in [2.75, 3.05) is 17.6 Å². The molecule has 0 aliphatic rings. The summed E-state index contributed by atoms with van der Waals surface area (Å²) in [6.07, 6.45) is 7.24. The number of hydrogen-bond acceptors (Lipinski definition) is 5. The van der Waals surface area contributed by atoms with E-state index in [0.717, 1.165) is 40.5 Å². The van der Waals surface area contributed by atoms with Gasteiger partial charge in [0.2, 0.25) is 5.95 Å². The number of nitrogens with zero attached hydrogens (tertiary/aromatic N) is 3. The molecule has 7 heteroatoms. The number of para-hydroxylation sites is 1. The standard InChI is InChI=1S/C22H21N7/c23-21-17(10-14-5-6-19-16(9-14)13-27-29-19)12-26-22(28-21)24-8-7-15-11-25-20-4-2-1-3-18(15)20/h1-6,9,11-13,25H,7-8,10H2,(H,27,29)(H3,23,24,26,28). The van der Waals surface area contributed by atoms with Crippen molar-refractivity contribution in [1.29, 1.82) is 0 Å². The first-order chi connectivity index (χ1) is 14.3.